The van der Waals surface area contributed by atoms with Gasteiger partial charge < -0.3 is 0 Å². The molecule has 0 saturated carbocycles. The summed E-state index contributed by atoms with van der Waals surface area (Å²) in [4.78, 5) is 4.37. The minimum atomic E-state index is 0.526. The molecule has 0 unspecified atom stereocenters. The van der Waals surface area contributed by atoms with Crippen LogP contribution in [0, 0.1) is 0 Å². The van der Waals surface area contributed by atoms with E-state index in [0.29, 0.717) is 15.3 Å². The molecule has 2 heterocycles. The first kappa shape index (κ1) is 16.7. The van der Waals surface area contributed by atoms with Crippen molar-refractivity contribution in [3.8, 4) is 10.6 Å². The predicted octanol–water partition coefficient (Wildman–Crippen LogP) is 5.90. The number of hydrogen-bond acceptors (Lipinski definition) is 5. The van der Waals surface area contributed by atoms with Gasteiger partial charge in [0.1, 0.15) is 10.2 Å². The molecule has 5 nitrogen and oxygen atoms in total. The van der Waals surface area contributed by atoms with E-state index in [1.54, 1.807) is 6.21 Å². The Morgan fingerprint density at radius 1 is 1.12 bits per heavy atom. The van der Waals surface area contributed by atoms with E-state index in [0.717, 1.165) is 31.5 Å². The third-order valence-corrected chi connectivity index (χ3v) is 5.82. The summed E-state index contributed by atoms with van der Waals surface area (Å²) in [6, 6.07) is 11.3. The van der Waals surface area contributed by atoms with Crippen LogP contribution in [0.1, 0.15) is 5.56 Å². The number of hydrogen-bond donors (Lipinski definition) is 1. The number of halogens is 3. The van der Waals surface area contributed by atoms with E-state index in [1.165, 1.54) is 11.3 Å². The fourth-order valence-corrected chi connectivity index (χ4v) is 3.62. The molecule has 0 fully saturated rings. The van der Waals surface area contributed by atoms with Gasteiger partial charge in [-0.3, -0.25) is 5.10 Å². The van der Waals surface area contributed by atoms with Crippen LogP contribution in [0.4, 0.5) is 5.13 Å². The molecule has 4 rings (SSSR count). The number of H-pyrrole nitrogens is 1. The number of rotatable bonds is 3. The Bertz CT molecular complexity index is 1110. The van der Waals surface area contributed by atoms with E-state index >= 15 is 0 Å². The molecule has 0 saturated heterocycles. The predicted molar refractivity (Wildman–Crippen MR) is 106 cm³/mol. The van der Waals surface area contributed by atoms with Crippen LogP contribution in [0.3, 0.4) is 0 Å². The van der Waals surface area contributed by atoms with Crippen LogP contribution in [0.2, 0.25) is 10.2 Å². The summed E-state index contributed by atoms with van der Waals surface area (Å²) in [6.45, 7) is 0. The molecule has 0 radical (unpaired) electrons. The van der Waals surface area contributed by atoms with E-state index in [9.17, 15) is 0 Å². The maximum atomic E-state index is 6.02. The first-order valence-electron chi connectivity index (χ1n) is 7.07. The highest BCUT2D eigenvalue weighted by atomic mass is 79.9. The topological polar surface area (TPSA) is 66.8 Å². The molecule has 0 atom stereocenters. The van der Waals surface area contributed by atoms with Crippen molar-refractivity contribution in [2.24, 2.45) is 4.99 Å². The largest absolute Gasteiger partial charge is 0.266 e. The molecule has 0 aliphatic heterocycles. The van der Waals surface area contributed by atoms with Crippen LogP contribution < -0.4 is 0 Å². The smallest absolute Gasteiger partial charge is 0.231 e. The van der Waals surface area contributed by atoms with Crippen molar-refractivity contribution in [1.29, 1.82) is 0 Å². The molecule has 124 valence electrons. The summed E-state index contributed by atoms with van der Waals surface area (Å²) < 4.78 is 0.821. The highest BCUT2D eigenvalue weighted by molar-refractivity contribution is 9.10. The zero-order chi connectivity index (χ0) is 17.4. The molecular formula is C16H8BrCl2N5S. The van der Waals surface area contributed by atoms with Gasteiger partial charge >= 0.3 is 0 Å². The molecule has 0 aliphatic rings. The van der Waals surface area contributed by atoms with Gasteiger partial charge in [0.2, 0.25) is 5.13 Å². The fraction of sp³-hybridized carbons (Fsp3) is 0. The lowest BCUT2D eigenvalue weighted by Crippen LogP contribution is -1.80. The minimum absolute atomic E-state index is 0.526. The van der Waals surface area contributed by atoms with Gasteiger partial charge in [0.05, 0.1) is 10.5 Å². The average Bonchev–Trinajstić information content (AvgIpc) is 3.23. The molecule has 2 aromatic carbocycles. The Hall–Kier alpha value is -1.80. The summed E-state index contributed by atoms with van der Waals surface area (Å²) in [5.74, 6) is 0. The molecule has 9 heteroatoms. The van der Waals surface area contributed by atoms with Crippen LogP contribution in [0.15, 0.2) is 45.9 Å². The van der Waals surface area contributed by atoms with E-state index in [-0.39, 0.29) is 0 Å². The number of nitrogens with one attached hydrogen (secondary N) is 1. The molecular weight excluding hydrogens is 445 g/mol. The number of fused-ring (bicyclic) bond motifs is 1. The van der Waals surface area contributed by atoms with Gasteiger partial charge in [-0.25, -0.2) is 4.99 Å². The summed E-state index contributed by atoms with van der Waals surface area (Å²) >= 11 is 16.8. The SMILES string of the molecule is Clc1ccc(/C=N/c2nnc(-c3ccc4c(Cl)[nH]nc4c3)s2)cc1Br. The summed E-state index contributed by atoms with van der Waals surface area (Å²) in [7, 11) is 0. The maximum absolute atomic E-state index is 6.02. The zero-order valence-corrected chi connectivity index (χ0v) is 16.3. The third kappa shape index (κ3) is 3.46. The van der Waals surface area contributed by atoms with Crippen molar-refractivity contribution in [2.45, 2.75) is 0 Å². The lowest BCUT2D eigenvalue weighted by Gasteiger charge is -1.96. The number of aromatic amines is 1. The molecule has 25 heavy (non-hydrogen) atoms. The van der Waals surface area contributed by atoms with Gasteiger partial charge in [0.15, 0.2) is 0 Å². The quantitative estimate of drug-likeness (QED) is 0.393. The Balaban J connectivity index is 1.60. The van der Waals surface area contributed by atoms with Crippen molar-refractivity contribution < 1.29 is 0 Å². The molecule has 0 bridgehead atoms. The zero-order valence-electron chi connectivity index (χ0n) is 12.4. The molecule has 1 N–H and O–H groups in total. The summed E-state index contributed by atoms with van der Waals surface area (Å²) in [5, 5.41) is 18.6. The van der Waals surface area contributed by atoms with Crippen molar-refractivity contribution in [3.05, 3.63) is 56.6 Å². The normalized spacial score (nSPS) is 11.6. The van der Waals surface area contributed by atoms with Crippen molar-refractivity contribution in [1.82, 2.24) is 20.4 Å². The second-order valence-electron chi connectivity index (χ2n) is 5.09. The molecule has 0 spiro atoms. The second-order valence-corrected chi connectivity index (χ2v) is 7.69. The monoisotopic (exact) mass is 451 g/mol. The van der Waals surface area contributed by atoms with Crippen LogP contribution in [0.25, 0.3) is 21.5 Å². The van der Waals surface area contributed by atoms with Gasteiger partial charge in [-0.1, -0.05) is 46.7 Å². The van der Waals surface area contributed by atoms with E-state index in [4.69, 9.17) is 23.2 Å². The fourth-order valence-electron chi connectivity index (χ4n) is 2.22. The van der Waals surface area contributed by atoms with E-state index in [1.807, 2.05) is 36.4 Å². The van der Waals surface area contributed by atoms with Gasteiger partial charge in [-0.15, -0.1) is 10.2 Å². The van der Waals surface area contributed by atoms with E-state index in [2.05, 4.69) is 41.3 Å². The van der Waals surface area contributed by atoms with Crippen LogP contribution in [-0.2, 0) is 0 Å². The minimum Gasteiger partial charge on any atom is -0.266 e. The third-order valence-electron chi connectivity index (χ3n) is 3.44. The summed E-state index contributed by atoms with van der Waals surface area (Å²) in [5.41, 5.74) is 2.62. The Labute approximate surface area is 164 Å². The lowest BCUT2D eigenvalue weighted by atomic mass is 10.2. The number of nitrogens with zero attached hydrogens (tertiary/aromatic N) is 4. The molecule has 0 amide bonds. The Kier molecular flexibility index (Phi) is 4.56. The highest BCUT2D eigenvalue weighted by Crippen LogP contribution is 2.31. The summed E-state index contributed by atoms with van der Waals surface area (Å²) in [6.07, 6.45) is 1.72. The van der Waals surface area contributed by atoms with Crippen LogP contribution in [0.5, 0.6) is 0 Å². The highest BCUT2D eigenvalue weighted by Gasteiger charge is 2.09. The van der Waals surface area contributed by atoms with E-state index < -0.39 is 0 Å². The van der Waals surface area contributed by atoms with Crippen molar-refractivity contribution in [3.63, 3.8) is 0 Å². The molecule has 2 aromatic heterocycles. The number of aliphatic imine (C=N–C) groups is 1. The van der Waals surface area contributed by atoms with Gasteiger partial charge in [-0.05, 0) is 45.8 Å². The maximum Gasteiger partial charge on any atom is 0.231 e. The Morgan fingerprint density at radius 3 is 2.84 bits per heavy atom. The van der Waals surface area contributed by atoms with Gasteiger partial charge in [0, 0.05) is 21.6 Å². The van der Waals surface area contributed by atoms with Gasteiger partial charge in [0.25, 0.3) is 0 Å². The first-order chi connectivity index (χ1) is 12.1. The number of benzene rings is 2. The Morgan fingerprint density at radius 2 is 2.00 bits per heavy atom. The first-order valence-corrected chi connectivity index (χ1v) is 9.43. The molecule has 0 aliphatic carbocycles. The van der Waals surface area contributed by atoms with Gasteiger partial charge in [-0.2, -0.15) is 5.10 Å². The number of aromatic nitrogens is 4. The average molecular weight is 453 g/mol. The lowest BCUT2D eigenvalue weighted by molar-refractivity contribution is 1.09. The van der Waals surface area contributed by atoms with Crippen molar-refractivity contribution >= 4 is 72.7 Å². The van der Waals surface area contributed by atoms with Crippen LogP contribution >= 0.6 is 50.5 Å². The van der Waals surface area contributed by atoms with Crippen molar-refractivity contribution in [2.75, 3.05) is 0 Å². The second kappa shape index (κ2) is 6.84. The van der Waals surface area contributed by atoms with Crippen LogP contribution in [-0.4, -0.2) is 26.6 Å². The molecule has 4 aromatic rings. The standard InChI is InChI=1S/C16H8BrCl2N5S/c17-11-5-8(1-4-12(11)18)7-20-16-24-23-15(25-16)9-2-3-10-13(6-9)21-22-14(10)19/h1-7H,(H,21,22)/b20-7+.